The van der Waals surface area contributed by atoms with Crippen molar-refractivity contribution in [3.05, 3.63) is 0 Å². The van der Waals surface area contributed by atoms with Crippen molar-refractivity contribution in [3.8, 4) is 0 Å². The molecular weight excluding hydrogens is 232 g/mol. The molecule has 0 radical (unpaired) electrons. The molecule has 0 aliphatic rings. The zero-order valence-electron chi connectivity index (χ0n) is 11.5. The fourth-order valence-corrected chi connectivity index (χ4v) is 1.12. The SMILES string of the molecule is CCCOCCN=C(N)C(N)=NCCOCCC. The highest BCUT2D eigenvalue weighted by atomic mass is 16.5. The number of amidine groups is 2. The summed E-state index contributed by atoms with van der Waals surface area (Å²) in [5.74, 6) is 0.538. The lowest BCUT2D eigenvalue weighted by Gasteiger charge is -2.03. The summed E-state index contributed by atoms with van der Waals surface area (Å²) in [7, 11) is 0. The van der Waals surface area contributed by atoms with Crippen LogP contribution in [-0.4, -0.2) is 51.2 Å². The summed E-state index contributed by atoms with van der Waals surface area (Å²) in [5, 5.41) is 0. The molecule has 0 saturated heterocycles. The zero-order valence-corrected chi connectivity index (χ0v) is 11.5. The lowest BCUT2D eigenvalue weighted by Crippen LogP contribution is -2.32. The van der Waals surface area contributed by atoms with Crippen LogP contribution < -0.4 is 11.5 Å². The topological polar surface area (TPSA) is 95.2 Å². The standard InChI is InChI=1S/C12H26N4O2/c1-3-7-17-9-5-15-11(13)12(14)16-6-10-18-8-4-2/h3-10H2,1-2H3,(H2,13,15)(H2,14,16). The quantitative estimate of drug-likeness (QED) is 0.340. The summed E-state index contributed by atoms with van der Waals surface area (Å²) >= 11 is 0. The molecule has 0 bridgehead atoms. The first-order valence-corrected chi connectivity index (χ1v) is 6.48. The summed E-state index contributed by atoms with van der Waals surface area (Å²) in [6, 6.07) is 0. The molecule has 0 atom stereocenters. The van der Waals surface area contributed by atoms with Crippen LogP contribution in [0.5, 0.6) is 0 Å². The Hall–Kier alpha value is -1.14. The van der Waals surface area contributed by atoms with Crippen molar-refractivity contribution in [2.75, 3.05) is 39.5 Å². The third-order valence-corrected chi connectivity index (χ3v) is 1.99. The van der Waals surface area contributed by atoms with Crippen molar-refractivity contribution < 1.29 is 9.47 Å². The molecule has 0 aromatic rings. The minimum atomic E-state index is 0.269. The number of nitrogens with zero attached hydrogens (tertiary/aromatic N) is 2. The van der Waals surface area contributed by atoms with Crippen molar-refractivity contribution in [2.24, 2.45) is 21.5 Å². The van der Waals surface area contributed by atoms with Gasteiger partial charge in [-0.1, -0.05) is 13.8 Å². The molecule has 0 aromatic heterocycles. The van der Waals surface area contributed by atoms with Gasteiger partial charge in [-0.05, 0) is 12.8 Å². The van der Waals surface area contributed by atoms with E-state index in [0.717, 1.165) is 26.1 Å². The van der Waals surface area contributed by atoms with E-state index in [1.807, 2.05) is 0 Å². The maximum Gasteiger partial charge on any atom is 0.161 e. The molecular formula is C12H26N4O2. The van der Waals surface area contributed by atoms with E-state index in [1.165, 1.54) is 0 Å². The first kappa shape index (κ1) is 16.9. The summed E-state index contributed by atoms with van der Waals surface area (Å²) < 4.78 is 10.6. The molecule has 0 aliphatic carbocycles. The first-order valence-electron chi connectivity index (χ1n) is 6.48. The Morgan fingerprint density at radius 1 is 0.778 bits per heavy atom. The highest BCUT2D eigenvalue weighted by molar-refractivity contribution is 6.39. The maximum atomic E-state index is 5.67. The third kappa shape index (κ3) is 10.0. The molecule has 6 heteroatoms. The molecule has 0 fully saturated rings. The number of rotatable bonds is 10. The maximum absolute atomic E-state index is 5.67. The zero-order chi connectivity index (χ0) is 13.6. The fourth-order valence-electron chi connectivity index (χ4n) is 1.12. The van der Waals surface area contributed by atoms with Crippen LogP contribution in [0.15, 0.2) is 9.98 Å². The summed E-state index contributed by atoms with van der Waals surface area (Å²) in [6.45, 7) is 7.74. The molecule has 0 amide bonds. The van der Waals surface area contributed by atoms with Crippen molar-refractivity contribution in [1.29, 1.82) is 0 Å². The number of ether oxygens (including phenoxy) is 2. The Balaban J connectivity index is 3.74. The minimum absolute atomic E-state index is 0.269. The van der Waals surface area contributed by atoms with Gasteiger partial charge >= 0.3 is 0 Å². The van der Waals surface area contributed by atoms with E-state index in [9.17, 15) is 0 Å². The predicted octanol–water partition coefficient (Wildman–Crippen LogP) is 0.554. The molecule has 0 rings (SSSR count). The smallest absolute Gasteiger partial charge is 0.161 e. The van der Waals surface area contributed by atoms with Gasteiger partial charge in [-0.3, -0.25) is 9.98 Å². The van der Waals surface area contributed by atoms with E-state index in [1.54, 1.807) is 0 Å². The summed E-state index contributed by atoms with van der Waals surface area (Å²) in [4.78, 5) is 8.17. The van der Waals surface area contributed by atoms with E-state index in [0.29, 0.717) is 26.3 Å². The van der Waals surface area contributed by atoms with Gasteiger partial charge in [0, 0.05) is 13.2 Å². The van der Waals surface area contributed by atoms with Gasteiger partial charge < -0.3 is 20.9 Å². The average molecular weight is 258 g/mol. The highest BCUT2D eigenvalue weighted by Gasteiger charge is 1.97. The van der Waals surface area contributed by atoms with Crippen LogP contribution in [0.3, 0.4) is 0 Å². The van der Waals surface area contributed by atoms with Gasteiger partial charge in [0.15, 0.2) is 11.7 Å². The Morgan fingerprint density at radius 2 is 1.17 bits per heavy atom. The van der Waals surface area contributed by atoms with Crippen LogP contribution in [0.2, 0.25) is 0 Å². The van der Waals surface area contributed by atoms with Crippen molar-refractivity contribution in [2.45, 2.75) is 26.7 Å². The number of aliphatic imine (C=N–C) groups is 2. The summed E-state index contributed by atoms with van der Waals surface area (Å²) in [6.07, 6.45) is 2.00. The molecule has 106 valence electrons. The van der Waals surface area contributed by atoms with E-state index in [2.05, 4.69) is 23.8 Å². The monoisotopic (exact) mass is 258 g/mol. The van der Waals surface area contributed by atoms with Crippen LogP contribution in [0, 0.1) is 0 Å². The van der Waals surface area contributed by atoms with E-state index < -0.39 is 0 Å². The van der Waals surface area contributed by atoms with Gasteiger partial charge in [0.25, 0.3) is 0 Å². The molecule has 0 saturated carbocycles. The predicted molar refractivity (Wildman–Crippen MR) is 75.2 cm³/mol. The van der Waals surface area contributed by atoms with Gasteiger partial charge in [-0.25, -0.2) is 0 Å². The van der Waals surface area contributed by atoms with Crippen LogP contribution in [-0.2, 0) is 9.47 Å². The van der Waals surface area contributed by atoms with E-state index >= 15 is 0 Å². The Kier molecular flexibility index (Phi) is 11.5. The normalized spacial score (nSPS) is 13.0. The lowest BCUT2D eigenvalue weighted by molar-refractivity contribution is 0.142. The van der Waals surface area contributed by atoms with Gasteiger partial charge in [-0.2, -0.15) is 0 Å². The third-order valence-electron chi connectivity index (χ3n) is 1.99. The molecule has 18 heavy (non-hydrogen) atoms. The highest BCUT2D eigenvalue weighted by Crippen LogP contribution is 1.84. The molecule has 0 aliphatic heterocycles. The van der Waals surface area contributed by atoms with Gasteiger partial charge in [0.2, 0.25) is 0 Å². The van der Waals surface area contributed by atoms with Crippen LogP contribution in [0.4, 0.5) is 0 Å². The second kappa shape index (κ2) is 12.3. The minimum Gasteiger partial charge on any atom is -0.381 e. The largest absolute Gasteiger partial charge is 0.381 e. The molecule has 0 heterocycles. The number of hydrogen-bond donors (Lipinski definition) is 2. The first-order chi connectivity index (χ1) is 8.72. The molecule has 0 spiro atoms. The molecule has 4 N–H and O–H groups in total. The van der Waals surface area contributed by atoms with Crippen molar-refractivity contribution in [3.63, 3.8) is 0 Å². The number of nitrogens with two attached hydrogens (primary N) is 2. The molecule has 0 unspecified atom stereocenters. The van der Waals surface area contributed by atoms with Gasteiger partial charge in [0.05, 0.1) is 26.3 Å². The van der Waals surface area contributed by atoms with Crippen molar-refractivity contribution in [1.82, 2.24) is 0 Å². The fraction of sp³-hybridized carbons (Fsp3) is 0.833. The van der Waals surface area contributed by atoms with Crippen LogP contribution in [0.25, 0.3) is 0 Å². The van der Waals surface area contributed by atoms with Gasteiger partial charge in [0.1, 0.15) is 0 Å². The second-order valence-corrected chi connectivity index (χ2v) is 3.76. The number of hydrogen-bond acceptors (Lipinski definition) is 4. The molecule has 0 aromatic carbocycles. The summed E-state index contributed by atoms with van der Waals surface area (Å²) in [5.41, 5.74) is 11.3. The Bertz CT molecular complexity index is 228. The molecule has 6 nitrogen and oxygen atoms in total. The Labute approximate surface area is 109 Å². The second-order valence-electron chi connectivity index (χ2n) is 3.76. The van der Waals surface area contributed by atoms with Crippen LogP contribution in [0.1, 0.15) is 26.7 Å². The average Bonchev–Trinajstić information content (AvgIpc) is 2.37. The van der Waals surface area contributed by atoms with E-state index in [4.69, 9.17) is 20.9 Å². The van der Waals surface area contributed by atoms with Gasteiger partial charge in [-0.15, -0.1) is 0 Å². The van der Waals surface area contributed by atoms with Crippen LogP contribution >= 0.6 is 0 Å². The van der Waals surface area contributed by atoms with Crippen molar-refractivity contribution >= 4 is 11.7 Å². The lowest BCUT2D eigenvalue weighted by atomic mass is 10.5. The van der Waals surface area contributed by atoms with E-state index in [-0.39, 0.29) is 11.7 Å². The Morgan fingerprint density at radius 3 is 1.50 bits per heavy atom.